The highest BCUT2D eigenvalue weighted by molar-refractivity contribution is 5.96. The van der Waals surface area contributed by atoms with Gasteiger partial charge in [-0.1, -0.05) is 13.3 Å². The lowest BCUT2D eigenvalue weighted by Crippen LogP contribution is -2.38. The predicted octanol–water partition coefficient (Wildman–Crippen LogP) is 2.98. The van der Waals surface area contributed by atoms with Gasteiger partial charge in [-0.25, -0.2) is 0 Å². The third kappa shape index (κ3) is 5.05. The second-order valence-corrected chi connectivity index (χ2v) is 7.44. The highest BCUT2D eigenvalue weighted by atomic mass is 16.2. The van der Waals surface area contributed by atoms with Crippen molar-refractivity contribution in [1.82, 2.24) is 9.80 Å². The van der Waals surface area contributed by atoms with Crippen LogP contribution in [0.1, 0.15) is 49.4 Å². The second kappa shape index (κ2) is 8.48. The number of carbonyl (C=O) groups excluding carboxylic acids is 2. The van der Waals surface area contributed by atoms with Gasteiger partial charge in [0.1, 0.15) is 0 Å². The van der Waals surface area contributed by atoms with Gasteiger partial charge in [-0.2, -0.15) is 0 Å². The minimum absolute atomic E-state index is 0.0194. The van der Waals surface area contributed by atoms with E-state index >= 15 is 0 Å². The first-order valence-electron chi connectivity index (χ1n) is 9.53. The number of hydrogen-bond acceptors (Lipinski definition) is 3. The Morgan fingerprint density at radius 3 is 2.28 bits per heavy atom. The van der Waals surface area contributed by atoms with Crippen molar-refractivity contribution in [3.63, 3.8) is 0 Å². The normalized spacial score (nSPS) is 19.6. The summed E-state index contributed by atoms with van der Waals surface area (Å²) in [5.41, 5.74) is 1.45. The van der Waals surface area contributed by atoms with Gasteiger partial charge < -0.3 is 10.2 Å². The van der Waals surface area contributed by atoms with Gasteiger partial charge >= 0.3 is 0 Å². The fourth-order valence-corrected chi connectivity index (χ4v) is 3.61. The Kier molecular flexibility index (Phi) is 6.08. The molecule has 5 nitrogen and oxygen atoms in total. The van der Waals surface area contributed by atoms with E-state index in [1.807, 2.05) is 29.2 Å². The zero-order chi connectivity index (χ0) is 17.6. The molecule has 1 N–H and O–H groups in total. The minimum atomic E-state index is 0.0194. The van der Waals surface area contributed by atoms with E-state index in [4.69, 9.17) is 0 Å². The molecule has 3 rings (SSSR count). The van der Waals surface area contributed by atoms with Crippen molar-refractivity contribution in [2.75, 3.05) is 38.0 Å². The van der Waals surface area contributed by atoms with Crippen LogP contribution in [-0.4, -0.2) is 54.3 Å². The van der Waals surface area contributed by atoms with Gasteiger partial charge in [-0.15, -0.1) is 0 Å². The molecule has 0 radical (unpaired) electrons. The molecular formula is C20H29N3O2. The first-order chi connectivity index (χ1) is 12.1. The van der Waals surface area contributed by atoms with Gasteiger partial charge in [0.05, 0.1) is 6.54 Å². The zero-order valence-electron chi connectivity index (χ0n) is 15.2. The number of benzene rings is 1. The van der Waals surface area contributed by atoms with Gasteiger partial charge in [0.15, 0.2) is 0 Å². The first-order valence-corrected chi connectivity index (χ1v) is 9.53. The molecule has 2 fully saturated rings. The number of carbonyl (C=O) groups is 2. The molecule has 0 spiro atoms. The maximum Gasteiger partial charge on any atom is 0.253 e. The van der Waals surface area contributed by atoms with E-state index < -0.39 is 0 Å². The van der Waals surface area contributed by atoms with E-state index in [2.05, 4.69) is 17.1 Å². The summed E-state index contributed by atoms with van der Waals surface area (Å²) in [6.45, 7) is 6.39. The van der Waals surface area contributed by atoms with Crippen LogP contribution < -0.4 is 5.32 Å². The molecule has 25 heavy (non-hydrogen) atoms. The summed E-state index contributed by atoms with van der Waals surface area (Å²) in [4.78, 5) is 28.8. The minimum Gasteiger partial charge on any atom is -0.339 e. The molecule has 0 atom stereocenters. The number of nitrogens with one attached hydrogen (secondary N) is 1. The van der Waals surface area contributed by atoms with Crippen molar-refractivity contribution in [3.8, 4) is 0 Å². The highest BCUT2D eigenvalue weighted by Crippen LogP contribution is 2.19. The Balaban J connectivity index is 1.51. The summed E-state index contributed by atoms with van der Waals surface area (Å²) >= 11 is 0. The fraction of sp³-hybridized carbons (Fsp3) is 0.600. The molecule has 2 heterocycles. The van der Waals surface area contributed by atoms with E-state index in [1.54, 1.807) is 0 Å². The maximum atomic E-state index is 12.5. The Hall–Kier alpha value is -1.88. The van der Waals surface area contributed by atoms with Crippen molar-refractivity contribution >= 4 is 17.5 Å². The Morgan fingerprint density at radius 2 is 1.64 bits per heavy atom. The van der Waals surface area contributed by atoms with E-state index in [0.29, 0.717) is 18.0 Å². The third-order valence-corrected chi connectivity index (χ3v) is 5.30. The van der Waals surface area contributed by atoms with Crippen molar-refractivity contribution < 1.29 is 9.59 Å². The molecule has 2 aliphatic heterocycles. The van der Waals surface area contributed by atoms with E-state index in [0.717, 1.165) is 44.7 Å². The molecule has 0 saturated carbocycles. The lowest BCUT2D eigenvalue weighted by molar-refractivity contribution is -0.117. The molecule has 0 aromatic heterocycles. The van der Waals surface area contributed by atoms with E-state index in [9.17, 15) is 9.59 Å². The van der Waals surface area contributed by atoms with Crippen LogP contribution in [0.15, 0.2) is 24.3 Å². The molecule has 5 heteroatoms. The van der Waals surface area contributed by atoms with Crippen molar-refractivity contribution in [1.29, 1.82) is 0 Å². The van der Waals surface area contributed by atoms with Gasteiger partial charge in [0.25, 0.3) is 5.91 Å². The lowest BCUT2D eigenvalue weighted by atomic mass is 9.98. The van der Waals surface area contributed by atoms with E-state index in [-0.39, 0.29) is 11.8 Å². The van der Waals surface area contributed by atoms with Gasteiger partial charge in [0, 0.05) is 24.3 Å². The molecule has 136 valence electrons. The molecule has 2 amide bonds. The predicted molar refractivity (Wildman–Crippen MR) is 99.7 cm³/mol. The van der Waals surface area contributed by atoms with E-state index in [1.165, 1.54) is 19.3 Å². The number of amides is 2. The Labute approximate surface area is 150 Å². The molecule has 0 aliphatic carbocycles. The van der Waals surface area contributed by atoms with Crippen molar-refractivity contribution in [3.05, 3.63) is 29.8 Å². The first kappa shape index (κ1) is 17.9. The van der Waals surface area contributed by atoms with Crippen molar-refractivity contribution in [2.45, 2.75) is 39.0 Å². The summed E-state index contributed by atoms with van der Waals surface area (Å²) in [5, 5.41) is 2.94. The Bertz CT molecular complexity index is 585. The van der Waals surface area contributed by atoms with Crippen LogP contribution in [0.5, 0.6) is 0 Å². The number of rotatable bonds is 4. The highest BCUT2D eigenvalue weighted by Gasteiger charge is 2.21. The number of piperidine rings is 2. The number of nitrogens with zero attached hydrogens (tertiary/aromatic N) is 2. The topological polar surface area (TPSA) is 52.7 Å². The van der Waals surface area contributed by atoms with Gasteiger partial charge in [-0.3, -0.25) is 14.5 Å². The summed E-state index contributed by atoms with van der Waals surface area (Å²) in [5.74, 6) is 0.825. The molecule has 1 aromatic rings. The molecule has 0 unspecified atom stereocenters. The third-order valence-electron chi connectivity index (χ3n) is 5.30. The smallest absolute Gasteiger partial charge is 0.253 e. The van der Waals surface area contributed by atoms with Crippen LogP contribution in [-0.2, 0) is 4.79 Å². The molecule has 2 aliphatic rings. The van der Waals surface area contributed by atoms with Crippen LogP contribution in [0.3, 0.4) is 0 Å². The average Bonchev–Trinajstić information content (AvgIpc) is 2.63. The molecule has 1 aromatic carbocycles. The summed E-state index contributed by atoms with van der Waals surface area (Å²) in [7, 11) is 0. The fourth-order valence-electron chi connectivity index (χ4n) is 3.61. The number of hydrogen-bond donors (Lipinski definition) is 1. The average molecular weight is 343 g/mol. The molecule has 2 saturated heterocycles. The Morgan fingerprint density at radius 1 is 1.00 bits per heavy atom. The van der Waals surface area contributed by atoms with Crippen molar-refractivity contribution in [2.24, 2.45) is 5.92 Å². The maximum absolute atomic E-state index is 12.5. The molecular weight excluding hydrogens is 314 g/mol. The monoisotopic (exact) mass is 343 g/mol. The summed E-state index contributed by atoms with van der Waals surface area (Å²) in [6.07, 6.45) is 5.79. The molecule has 0 bridgehead atoms. The quantitative estimate of drug-likeness (QED) is 0.914. The van der Waals surface area contributed by atoms with Crippen LogP contribution in [0.25, 0.3) is 0 Å². The van der Waals surface area contributed by atoms with Crippen LogP contribution in [0, 0.1) is 5.92 Å². The summed E-state index contributed by atoms with van der Waals surface area (Å²) in [6, 6.07) is 7.29. The standard InChI is InChI=1S/C20H29N3O2/c1-16-9-13-23(14-10-16)20(25)17-5-7-18(8-6-17)21-19(24)15-22-11-3-2-4-12-22/h5-8,16H,2-4,9-15H2,1H3,(H,21,24). The summed E-state index contributed by atoms with van der Waals surface area (Å²) < 4.78 is 0. The van der Waals surface area contributed by atoms with Gasteiger partial charge in [0.2, 0.25) is 5.91 Å². The van der Waals surface area contributed by atoms with Crippen LogP contribution >= 0.6 is 0 Å². The SMILES string of the molecule is CC1CCN(C(=O)c2ccc(NC(=O)CN3CCCCC3)cc2)CC1. The van der Waals surface area contributed by atoms with Crippen LogP contribution in [0.2, 0.25) is 0 Å². The largest absolute Gasteiger partial charge is 0.339 e. The second-order valence-electron chi connectivity index (χ2n) is 7.44. The lowest BCUT2D eigenvalue weighted by Gasteiger charge is -2.30. The van der Waals surface area contributed by atoms with Crippen LogP contribution in [0.4, 0.5) is 5.69 Å². The number of anilines is 1. The van der Waals surface area contributed by atoms with Gasteiger partial charge in [-0.05, 0) is 69.0 Å². The zero-order valence-corrected chi connectivity index (χ0v) is 15.2. The number of likely N-dealkylation sites (tertiary alicyclic amines) is 2.